The van der Waals surface area contributed by atoms with Crippen LogP contribution < -0.4 is 15.1 Å². The summed E-state index contributed by atoms with van der Waals surface area (Å²) in [5.74, 6) is -2.76. The van der Waals surface area contributed by atoms with E-state index in [1.54, 1.807) is 24.3 Å². The molecule has 3 aliphatic heterocycles. The summed E-state index contributed by atoms with van der Waals surface area (Å²) in [7, 11) is -9.27. The molecule has 4 aliphatic rings. The van der Waals surface area contributed by atoms with Crippen LogP contribution in [0.25, 0.3) is 0 Å². The molecule has 1 fully saturated rings. The van der Waals surface area contributed by atoms with E-state index in [4.69, 9.17) is 5.11 Å². The van der Waals surface area contributed by atoms with Gasteiger partial charge in [0.1, 0.15) is 23.7 Å². The van der Waals surface area contributed by atoms with Crippen LogP contribution in [-0.2, 0) is 34.3 Å². The maximum atomic E-state index is 14.1. The summed E-state index contributed by atoms with van der Waals surface area (Å²) < 4.78 is 26.3. The Morgan fingerprint density at radius 3 is 2.09 bits per heavy atom. The summed E-state index contributed by atoms with van der Waals surface area (Å²) >= 11 is 0. The molecule has 2 unspecified atom stereocenters. The van der Waals surface area contributed by atoms with Crippen LogP contribution in [-0.4, -0.2) is 82.0 Å². The zero-order valence-electron chi connectivity index (χ0n) is 30.5. The fraction of sp³-hybridized carbons (Fsp3) is 0.421. The third-order valence-electron chi connectivity index (χ3n) is 11.6. The Morgan fingerprint density at radius 1 is 0.870 bits per heavy atom. The number of aliphatic hydroxyl groups excluding tert-OH is 1. The number of ketones is 1. The van der Waals surface area contributed by atoms with Crippen LogP contribution in [0.4, 0.5) is 11.4 Å². The standard InChI is InChI=1S/C38H44N2O12P2/c1-37(2)26-18-22(53(47,48)49)12-14-28(26)39(16-8-5-6-11-33(41)42)31(37)20-24-34(43)25(35(24)44)21-32-38(3,4)27-19-23(54(50,51)52)13-15-29(27)40(32)17-9-7-10-30(40)36(45)46/h12-15,18-21,30H,5-11,16-17H2,1-4H3,(H5-2,41,42,43,44,45,46,47,48,49,50,51,52)/p+2/b32-21+. The molecule has 2 atom stereocenters. The fourth-order valence-corrected chi connectivity index (χ4v) is 9.96. The molecule has 1 aliphatic carbocycles. The number of Topliss-reactive ketones (excluding diaryl/α,β-unsaturated/α-hetero) is 1. The van der Waals surface area contributed by atoms with E-state index < -0.39 is 49.8 Å². The number of carbonyl (C=O) groups excluding carboxylic acids is 1. The lowest BCUT2D eigenvalue weighted by molar-refractivity contribution is -0.438. The van der Waals surface area contributed by atoms with Crippen molar-refractivity contribution in [3.8, 4) is 0 Å². The van der Waals surface area contributed by atoms with Gasteiger partial charge in [0, 0.05) is 54.7 Å². The van der Waals surface area contributed by atoms with Gasteiger partial charge < -0.3 is 34.9 Å². The van der Waals surface area contributed by atoms with Gasteiger partial charge in [-0.2, -0.15) is 4.58 Å². The van der Waals surface area contributed by atoms with E-state index in [-0.39, 0.29) is 38.4 Å². The van der Waals surface area contributed by atoms with E-state index in [1.165, 1.54) is 24.3 Å². The Balaban J connectivity index is 1.47. The molecule has 6 rings (SSSR count). The predicted molar refractivity (Wildman–Crippen MR) is 201 cm³/mol. The Kier molecular flexibility index (Phi) is 10.0. The van der Waals surface area contributed by atoms with Crippen molar-refractivity contribution in [2.24, 2.45) is 0 Å². The smallest absolute Gasteiger partial charge is 0.363 e. The number of carboxylic acids is 2. The van der Waals surface area contributed by atoms with Gasteiger partial charge >= 0.3 is 27.1 Å². The van der Waals surface area contributed by atoms with Crippen LogP contribution in [0.2, 0.25) is 0 Å². The Hall–Kier alpha value is -4.00. The van der Waals surface area contributed by atoms with Gasteiger partial charge in [-0.1, -0.05) is 0 Å². The fourth-order valence-electron chi connectivity index (χ4n) is 8.83. The van der Waals surface area contributed by atoms with E-state index in [9.17, 15) is 53.3 Å². The second kappa shape index (κ2) is 13.6. The van der Waals surface area contributed by atoms with Crippen LogP contribution in [0.1, 0.15) is 83.8 Å². The number of hydrogen-bond acceptors (Lipinski definition) is 6. The average Bonchev–Trinajstić information content (AvgIpc) is 3.40. The summed E-state index contributed by atoms with van der Waals surface area (Å²) in [6, 6.07) is 7.77. The number of carboxylic acid groups (broad SMARTS) is 2. The van der Waals surface area contributed by atoms with Crippen LogP contribution in [0.5, 0.6) is 0 Å². The molecule has 16 heteroatoms. The minimum absolute atomic E-state index is 0.000835. The third kappa shape index (κ3) is 6.47. The van der Waals surface area contributed by atoms with Crippen molar-refractivity contribution in [1.29, 1.82) is 0 Å². The maximum absolute atomic E-state index is 14.1. The first-order valence-electron chi connectivity index (χ1n) is 17.9. The van der Waals surface area contributed by atoms with E-state index in [1.807, 2.05) is 32.3 Å². The number of allylic oxidation sites excluding steroid dienone is 5. The highest BCUT2D eigenvalue weighted by molar-refractivity contribution is 7.60. The third-order valence-corrected chi connectivity index (χ3v) is 13.5. The van der Waals surface area contributed by atoms with Crippen LogP contribution >= 0.6 is 15.2 Å². The molecule has 2 aromatic rings. The number of fused-ring (bicyclic) bond motifs is 3. The number of hydrogen-bond donors (Lipinski definition) is 7. The predicted octanol–water partition coefficient (Wildman–Crippen LogP) is 4.45. The molecule has 54 heavy (non-hydrogen) atoms. The molecule has 1 spiro atoms. The van der Waals surface area contributed by atoms with Gasteiger partial charge in [0.15, 0.2) is 11.8 Å². The number of unbranched alkanes of at least 4 members (excludes halogenated alkanes) is 2. The minimum atomic E-state index is -4.66. The number of quaternary nitrogens is 1. The second-order valence-corrected chi connectivity index (χ2v) is 18.8. The van der Waals surface area contributed by atoms with Crippen LogP contribution in [0, 0.1) is 0 Å². The molecule has 0 saturated carbocycles. The molecule has 14 nitrogen and oxygen atoms in total. The maximum Gasteiger partial charge on any atom is 0.363 e. The van der Waals surface area contributed by atoms with Crippen molar-refractivity contribution < 1.29 is 63.0 Å². The SMILES string of the molecule is CC1(C)C(/C=C2\C(=O)C(/C=C3\C(C)(C)c4cc(P(=O)(O)O)ccc4[N+]34CCCCC4C(=O)O)=C2O)=[N+](CCCCCC(=O)O)c2ccc(P(=O)(O)O)cc21. The lowest BCUT2D eigenvalue weighted by atomic mass is 9.77. The van der Waals surface area contributed by atoms with E-state index in [2.05, 4.69) is 0 Å². The van der Waals surface area contributed by atoms with Crippen LogP contribution in [0.3, 0.4) is 0 Å². The highest BCUT2D eigenvalue weighted by Crippen LogP contribution is 2.57. The summed E-state index contributed by atoms with van der Waals surface area (Å²) in [6.07, 6.45) is 6.39. The number of rotatable bonds is 11. The first kappa shape index (κ1) is 39.7. The van der Waals surface area contributed by atoms with Gasteiger partial charge in [0.2, 0.25) is 11.5 Å². The van der Waals surface area contributed by atoms with Crippen molar-refractivity contribution in [3.05, 3.63) is 82.3 Å². The summed E-state index contributed by atoms with van der Waals surface area (Å²) in [4.78, 5) is 77.9. The van der Waals surface area contributed by atoms with Gasteiger partial charge in [-0.25, -0.2) is 9.28 Å². The second-order valence-electron chi connectivity index (χ2n) is 15.6. The first-order chi connectivity index (χ1) is 25.0. The zero-order chi connectivity index (χ0) is 39.8. The molecule has 1 saturated heterocycles. The van der Waals surface area contributed by atoms with Crippen molar-refractivity contribution >= 4 is 60.6 Å². The van der Waals surface area contributed by atoms with Gasteiger partial charge in [-0.3, -0.25) is 18.7 Å². The summed E-state index contributed by atoms with van der Waals surface area (Å²) in [5.41, 5.74) is 1.56. The monoisotopic (exact) mass is 784 g/mol. The van der Waals surface area contributed by atoms with Crippen molar-refractivity contribution in [3.63, 3.8) is 0 Å². The number of aliphatic hydroxyl groups is 1. The van der Waals surface area contributed by atoms with Gasteiger partial charge in [0.05, 0.1) is 39.1 Å². The van der Waals surface area contributed by atoms with Crippen LogP contribution in [0.15, 0.2) is 71.2 Å². The van der Waals surface area contributed by atoms with Gasteiger partial charge in [-0.15, -0.1) is 0 Å². The molecule has 0 aromatic heterocycles. The number of aliphatic carboxylic acids is 2. The molecule has 2 aromatic carbocycles. The Morgan fingerprint density at radius 2 is 1.50 bits per heavy atom. The van der Waals surface area contributed by atoms with E-state index in [0.717, 1.165) is 0 Å². The Labute approximate surface area is 312 Å². The lowest BCUT2D eigenvalue weighted by Gasteiger charge is -2.45. The molecule has 288 valence electrons. The molecule has 3 heterocycles. The van der Waals surface area contributed by atoms with E-state index in [0.29, 0.717) is 85.5 Å². The molecule has 0 bridgehead atoms. The quantitative estimate of drug-likeness (QED) is 0.0551. The van der Waals surface area contributed by atoms with Crippen molar-refractivity contribution in [2.45, 2.75) is 89.5 Å². The molecular weight excluding hydrogens is 738 g/mol. The van der Waals surface area contributed by atoms with Gasteiger partial charge in [0.25, 0.3) is 0 Å². The molecule has 7 N–H and O–H groups in total. The zero-order valence-corrected chi connectivity index (χ0v) is 32.3. The Bertz CT molecular complexity index is 2220. The normalized spacial score (nSPS) is 24.7. The van der Waals surface area contributed by atoms with Crippen molar-refractivity contribution in [1.82, 2.24) is 4.48 Å². The highest BCUT2D eigenvalue weighted by atomic mass is 31.2. The van der Waals surface area contributed by atoms with Gasteiger partial charge in [-0.05, 0) is 77.6 Å². The molecular formula is C38H46N2O12P2+2. The number of nitrogens with zero attached hydrogens (tertiary/aromatic N) is 2. The van der Waals surface area contributed by atoms with Crippen molar-refractivity contribution in [2.75, 3.05) is 13.1 Å². The molecule has 0 radical (unpaired) electrons. The number of carbonyl (C=O) groups is 3. The first-order valence-corrected chi connectivity index (χ1v) is 21.1. The topological polar surface area (TPSA) is 230 Å². The minimum Gasteiger partial charge on any atom is -0.506 e. The molecule has 0 amide bonds. The largest absolute Gasteiger partial charge is 0.506 e. The highest BCUT2D eigenvalue weighted by Gasteiger charge is 2.61. The summed E-state index contributed by atoms with van der Waals surface area (Å²) in [6.45, 7) is 8.08. The lowest BCUT2D eigenvalue weighted by Crippen LogP contribution is -2.61. The average molecular weight is 785 g/mol. The number of benzene rings is 2. The summed E-state index contributed by atoms with van der Waals surface area (Å²) in [5, 5.41) is 30.8. The number of piperidine rings is 1. The van der Waals surface area contributed by atoms with E-state index >= 15 is 0 Å².